The van der Waals surface area contributed by atoms with Gasteiger partial charge in [0.1, 0.15) is 10.6 Å². The van der Waals surface area contributed by atoms with Crippen molar-refractivity contribution in [3.8, 4) is 0 Å². The summed E-state index contributed by atoms with van der Waals surface area (Å²) in [7, 11) is 1.74. The van der Waals surface area contributed by atoms with Gasteiger partial charge in [0.2, 0.25) is 0 Å². The number of pyridine rings is 2. The van der Waals surface area contributed by atoms with Gasteiger partial charge in [0.05, 0.1) is 5.52 Å². The van der Waals surface area contributed by atoms with Gasteiger partial charge in [-0.25, -0.2) is 4.98 Å². The Labute approximate surface area is 122 Å². The van der Waals surface area contributed by atoms with Gasteiger partial charge < -0.3 is 4.57 Å². The lowest BCUT2D eigenvalue weighted by atomic mass is 10.1. The van der Waals surface area contributed by atoms with Crippen LogP contribution in [0.1, 0.15) is 12.5 Å². The standard InChI is InChI=1S/C15H15ClN4/c1-5-20-13-7-14(16)19-9-11(13)6-12(15(20)18-4)10(2)8-17-3/h5-9H,1,3H2,2,4H3/b10-8+,18-15?. The molecular weight excluding hydrogens is 272 g/mol. The number of aliphatic imine (C=N–C) groups is 1. The van der Waals surface area contributed by atoms with Crippen molar-refractivity contribution in [2.75, 3.05) is 7.05 Å². The van der Waals surface area contributed by atoms with Gasteiger partial charge in [0.25, 0.3) is 0 Å². The summed E-state index contributed by atoms with van der Waals surface area (Å²) in [5, 5.41) is 1.39. The summed E-state index contributed by atoms with van der Waals surface area (Å²) in [5.41, 5.74) is 3.61. The number of rotatable bonds is 3. The van der Waals surface area contributed by atoms with Gasteiger partial charge >= 0.3 is 0 Å². The lowest BCUT2D eigenvalue weighted by Gasteiger charge is -2.12. The van der Waals surface area contributed by atoms with Crippen LogP contribution in [0.15, 0.2) is 41.1 Å². The Morgan fingerprint density at radius 2 is 2.20 bits per heavy atom. The predicted octanol–water partition coefficient (Wildman–Crippen LogP) is 3.38. The topological polar surface area (TPSA) is 42.5 Å². The summed E-state index contributed by atoms with van der Waals surface area (Å²) in [5.74, 6) is 0. The molecule has 20 heavy (non-hydrogen) atoms. The van der Waals surface area contributed by atoms with E-state index in [1.54, 1.807) is 31.7 Å². The largest absolute Gasteiger partial charge is 0.301 e. The van der Waals surface area contributed by atoms with Crippen LogP contribution in [0, 0.1) is 0 Å². The van der Waals surface area contributed by atoms with E-state index >= 15 is 0 Å². The fraction of sp³-hybridized carbons (Fsp3) is 0.133. The summed E-state index contributed by atoms with van der Waals surface area (Å²) in [6, 6.07) is 3.81. The molecule has 0 aliphatic carbocycles. The molecule has 0 N–H and O–H groups in total. The van der Waals surface area contributed by atoms with Crippen molar-refractivity contribution in [3.63, 3.8) is 0 Å². The molecule has 102 valence electrons. The molecule has 0 fully saturated rings. The number of hydrogen-bond acceptors (Lipinski definition) is 3. The second kappa shape index (κ2) is 5.84. The quantitative estimate of drug-likeness (QED) is 0.630. The molecular formula is C15H15ClN4. The monoisotopic (exact) mass is 286 g/mol. The Hall–Kier alpha value is -2.20. The highest BCUT2D eigenvalue weighted by molar-refractivity contribution is 6.30. The normalized spacial score (nSPS) is 12.8. The minimum Gasteiger partial charge on any atom is -0.301 e. The van der Waals surface area contributed by atoms with E-state index in [0.29, 0.717) is 5.15 Å². The third-order valence-electron chi connectivity index (χ3n) is 3.01. The number of nitrogens with zero attached hydrogens (tertiary/aromatic N) is 4. The minimum absolute atomic E-state index is 0.433. The average molecular weight is 287 g/mol. The van der Waals surface area contributed by atoms with E-state index in [2.05, 4.69) is 28.3 Å². The molecule has 0 aliphatic rings. The SMILES string of the molecule is C=Cn1c(=NC)c(/C(C)=C/N=C)cc2cnc(Cl)cc21. The second-order valence-electron chi connectivity index (χ2n) is 4.22. The van der Waals surface area contributed by atoms with Crippen LogP contribution < -0.4 is 5.49 Å². The molecule has 0 atom stereocenters. The highest BCUT2D eigenvalue weighted by Gasteiger charge is 2.08. The first kappa shape index (κ1) is 14.2. The van der Waals surface area contributed by atoms with E-state index in [4.69, 9.17) is 11.6 Å². The van der Waals surface area contributed by atoms with E-state index in [1.807, 2.05) is 17.6 Å². The fourth-order valence-electron chi connectivity index (χ4n) is 2.12. The summed E-state index contributed by atoms with van der Waals surface area (Å²) in [4.78, 5) is 12.3. The highest BCUT2D eigenvalue weighted by atomic mass is 35.5. The van der Waals surface area contributed by atoms with Gasteiger partial charge in [-0.2, -0.15) is 0 Å². The van der Waals surface area contributed by atoms with Crippen LogP contribution in [0.4, 0.5) is 0 Å². The van der Waals surface area contributed by atoms with Crippen molar-refractivity contribution in [3.05, 3.63) is 47.3 Å². The van der Waals surface area contributed by atoms with Gasteiger partial charge in [-0.15, -0.1) is 0 Å². The zero-order valence-electron chi connectivity index (χ0n) is 11.5. The molecule has 2 aromatic heterocycles. The average Bonchev–Trinajstić information content (AvgIpc) is 2.45. The maximum atomic E-state index is 5.97. The third-order valence-corrected chi connectivity index (χ3v) is 3.22. The van der Waals surface area contributed by atoms with Crippen molar-refractivity contribution in [1.29, 1.82) is 0 Å². The summed E-state index contributed by atoms with van der Waals surface area (Å²) < 4.78 is 1.89. The first-order valence-electron chi connectivity index (χ1n) is 6.01. The maximum Gasteiger partial charge on any atom is 0.139 e. The zero-order chi connectivity index (χ0) is 14.7. The number of aromatic nitrogens is 2. The van der Waals surface area contributed by atoms with Crippen molar-refractivity contribution in [2.24, 2.45) is 9.98 Å². The number of halogens is 1. The molecule has 0 aliphatic heterocycles. The summed E-state index contributed by atoms with van der Waals surface area (Å²) in [6.45, 7) is 9.29. The molecule has 5 heteroatoms. The van der Waals surface area contributed by atoms with Crippen LogP contribution in [0.5, 0.6) is 0 Å². The molecule has 0 bridgehead atoms. The lowest BCUT2D eigenvalue weighted by molar-refractivity contribution is 1.02. The Balaban J connectivity index is 2.98. The van der Waals surface area contributed by atoms with Crippen molar-refractivity contribution in [2.45, 2.75) is 6.92 Å². The third kappa shape index (κ3) is 2.42. The Morgan fingerprint density at radius 3 is 2.80 bits per heavy atom. The Bertz CT molecular complexity index is 784. The van der Waals surface area contributed by atoms with Crippen LogP contribution in [0.2, 0.25) is 5.15 Å². The Morgan fingerprint density at radius 1 is 1.45 bits per heavy atom. The van der Waals surface area contributed by atoms with E-state index in [-0.39, 0.29) is 0 Å². The van der Waals surface area contributed by atoms with E-state index in [9.17, 15) is 0 Å². The molecule has 0 radical (unpaired) electrons. The fourth-order valence-corrected chi connectivity index (χ4v) is 2.28. The molecule has 0 unspecified atom stereocenters. The molecule has 0 spiro atoms. The van der Waals surface area contributed by atoms with Crippen molar-refractivity contribution in [1.82, 2.24) is 9.55 Å². The number of fused-ring (bicyclic) bond motifs is 1. The molecule has 0 amide bonds. The molecule has 2 aromatic rings. The molecule has 0 saturated heterocycles. The van der Waals surface area contributed by atoms with Crippen molar-refractivity contribution >= 4 is 41.0 Å². The van der Waals surface area contributed by atoms with E-state index in [1.165, 1.54) is 0 Å². The molecule has 2 rings (SSSR count). The summed E-state index contributed by atoms with van der Waals surface area (Å²) in [6.07, 6.45) is 5.14. The minimum atomic E-state index is 0.433. The number of allylic oxidation sites excluding steroid dienone is 1. The smallest absolute Gasteiger partial charge is 0.139 e. The van der Waals surface area contributed by atoms with Gasteiger partial charge in [-0.1, -0.05) is 18.2 Å². The van der Waals surface area contributed by atoms with Gasteiger partial charge in [-0.3, -0.25) is 9.98 Å². The van der Waals surface area contributed by atoms with Crippen molar-refractivity contribution < 1.29 is 0 Å². The van der Waals surface area contributed by atoms with Crippen LogP contribution in [0.25, 0.3) is 22.7 Å². The first-order valence-corrected chi connectivity index (χ1v) is 6.39. The van der Waals surface area contributed by atoms with Crippen LogP contribution in [-0.2, 0) is 0 Å². The molecule has 2 heterocycles. The summed E-state index contributed by atoms with van der Waals surface area (Å²) >= 11 is 5.97. The lowest BCUT2D eigenvalue weighted by Crippen LogP contribution is -2.21. The van der Waals surface area contributed by atoms with Gasteiger partial charge in [0, 0.05) is 42.7 Å². The number of hydrogen-bond donors (Lipinski definition) is 0. The van der Waals surface area contributed by atoms with E-state index < -0.39 is 0 Å². The zero-order valence-corrected chi connectivity index (χ0v) is 12.2. The highest BCUT2D eigenvalue weighted by Crippen LogP contribution is 2.20. The molecule has 4 nitrogen and oxygen atoms in total. The maximum absolute atomic E-state index is 5.97. The van der Waals surface area contributed by atoms with Gasteiger partial charge in [0.15, 0.2) is 0 Å². The predicted molar refractivity (Wildman–Crippen MR) is 85.8 cm³/mol. The van der Waals surface area contributed by atoms with Crippen LogP contribution in [0.3, 0.4) is 0 Å². The van der Waals surface area contributed by atoms with Crippen LogP contribution in [-0.4, -0.2) is 23.3 Å². The second-order valence-corrected chi connectivity index (χ2v) is 4.61. The van der Waals surface area contributed by atoms with Crippen LogP contribution >= 0.6 is 11.6 Å². The Kier molecular flexibility index (Phi) is 4.15. The first-order chi connectivity index (χ1) is 9.62. The van der Waals surface area contributed by atoms with E-state index in [0.717, 1.165) is 27.5 Å². The molecule has 0 aromatic carbocycles. The molecule has 0 saturated carbocycles. The van der Waals surface area contributed by atoms with Gasteiger partial charge in [-0.05, 0) is 25.3 Å².